The van der Waals surface area contributed by atoms with E-state index in [0.29, 0.717) is 29.6 Å². The molecule has 0 saturated heterocycles. The maximum atomic E-state index is 13.8. The number of nitrogens with zero attached hydrogens (tertiary/aromatic N) is 3. The number of anilines is 6. The van der Waals surface area contributed by atoms with Gasteiger partial charge in [0.25, 0.3) is 0 Å². The zero-order chi connectivity index (χ0) is 25.9. The minimum absolute atomic E-state index is 0.0834. The molecule has 9 nitrogen and oxygen atoms in total. The van der Waals surface area contributed by atoms with Crippen LogP contribution in [0.5, 0.6) is 5.88 Å². The van der Waals surface area contributed by atoms with Crippen molar-refractivity contribution in [2.24, 2.45) is 0 Å². The Balaban J connectivity index is 1.67. The number of hydrogen-bond acceptors (Lipinski definition) is 8. The number of rotatable bonds is 9. The summed E-state index contributed by atoms with van der Waals surface area (Å²) in [5, 5.41) is 11.4. The van der Waals surface area contributed by atoms with Gasteiger partial charge in [0, 0.05) is 30.1 Å². The van der Waals surface area contributed by atoms with E-state index in [0.717, 1.165) is 24.5 Å². The topological polar surface area (TPSA) is 113 Å². The first-order valence-electron chi connectivity index (χ1n) is 11.0. The number of carbonyl (C=O) groups is 1. The van der Waals surface area contributed by atoms with Crippen LogP contribution in [0.1, 0.15) is 24.0 Å². The summed E-state index contributed by atoms with van der Waals surface area (Å²) in [7, 11) is 1.47. The van der Waals surface area contributed by atoms with E-state index in [1.807, 2.05) is 0 Å². The number of halogens is 3. The number of methoxy groups -OCH3 is 1. The predicted octanol–water partition coefficient (Wildman–Crippen LogP) is 5.39. The molecule has 1 aromatic carbocycles. The fourth-order valence-corrected chi connectivity index (χ4v) is 3.25. The van der Waals surface area contributed by atoms with Gasteiger partial charge in [0.15, 0.2) is 0 Å². The molecule has 0 unspecified atom stereocenters. The van der Waals surface area contributed by atoms with Gasteiger partial charge in [-0.1, -0.05) is 12.6 Å². The maximum Gasteiger partial charge on any atom is 0.421 e. The number of alkyl halides is 3. The lowest BCUT2D eigenvalue weighted by Gasteiger charge is -2.17. The van der Waals surface area contributed by atoms with Crippen molar-refractivity contribution in [1.29, 1.82) is 0 Å². The maximum absolute atomic E-state index is 13.8. The van der Waals surface area contributed by atoms with Crippen LogP contribution in [0.2, 0.25) is 0 Å². The van der Waals surface area contributed by atoms with E-state index >= 15 is 0 Å². The number of pyridine rings is 1. The Morgan fingerprint density at radius 1 is 1.14 bits per heavy atom. The van der Waals surface area contributed by atoms with E-state index in [1.54, 1.807) is 37.3 Å². The fraction of sp³-hybridized carbons (Fsp3) is 0.250. The summed E-state index contributed by atoms with van der Waals surface area (Å²) in [4.78, 5) is 24.1. The molecule has 3 aromatic rings. The van der Waals surface area contributed by atoms with Crippen LogP contribution in [-0.2, 0) is 11.0 Å². The molecule has 188 valence electrons. The van der Waals surface area contributed by atoms with E-state index in [2.05, 4.69) is 42.8 Å². The molecule has 12 heteroatoms. The summed E-state index contributed by atoms with van der Waals surface area (Å²) in [6.45, 7) is 5.19. The van der Waals surface area contributed by atoms with Crippen molar-refractivity contribution in [2.75, 3.05) is 28.4 Å². The molecule has 36 heavy (non-hydrogen) atoms. The Labute approximate surface area is 205 Å². The Bertz CT molecular complexity index is 1290. The van der Waals surface area contributed by atoms with Gasteiger partial charge >= 0.3 is 6.18 Å². The lowest BCUT2D eigenvalue weighted by Crippen LogP contribution is -2.14. The van der Waals surface area contributed by atoms with Crippen LogP contribution in [0.25, 0.3) is 0 Å². The van der Waals surface area contributed by atoms with Crippen LogP contribution >= 0.6 is 0 Å². The van der Waals surface area contributed by atoms with Gasteiger partial charge < -0.3 is 26.0 Å². The first-order valence-corrected chi connectivity index (χ1v) is 11.0. The molecule has 0 atom stereocenters. The minimum Gasteiger partial charge on any atom is -0.481 e. The Morgan fingerprint density at radius 3 is 2.58 bits per heavy atom. The third-order valence-electron chi connectivity index (χ3n) is 5.16. The summed E-state index contributed by atoms with van der Waals surface area (Å²) < 4.78 is 46.5. The van der Waals surface area contributed by atoms with E-state index in [4.69, 9.17) is 4.74 Å². The van der Waals surface area contributed by atoms with Crippen molar-refractivity contribution in [2.45, 2.75) is 32.0 Å². The van der Waals surface area contributed by atoms with Gasteiger partial charge in [-0.05, 0) is 43.5 Å². The molecular weight excluding hydrogens is 475 g/mol. The number of benzene rings is 1. The third kappa shape index (κ3) is 6.20. The van der Waals surface area contributed by atoms with Crippen molar-refractivity contribution in [1.82, 2.24) is 15.0 Å². The molecule has 4 N–H and O–H groups in total. The number of aryl methyl sites for hydroxylation is 1. The van der Waals surface area contributed by atoms with Crippen molar-refractivity contribution < 1.29 is 22.7 Å². The minimum atomic E-state index is -4.72. The van der Waals surface area contributed by atoms with Gasteiger partial charge in [-0.3, -0.25) is 4.79 Å². The molecule has 2 aromatic heterocycles. The molecule has 0 bridgehead atoms. The van der Waals surface area contributed by atoms with E-state index in [-0.39, 0.29) is 17.3 Å². The number of amides is 1. The van der Waals surface area contributed by atoms with Crippen LogP contribution in [0.15, 0.2) is 49.2 Å². The molecule has 0 radical (unpaired) electrons. The van der Waals surface area contributed by atoms with Crippen molar-refractivity contribution in [3.05, 3.63) is 60.3 Å². The molecule has 1 aliphatic carbocycles. The SMILES string of the molecule is C=CC(=O)Nc1cc(C)ccc1Nc1nc(Nc2cc(NC3CC3)nc(OC)c2)ncc1C(F)(F)F. The normalized spacial score (nSPS) is 13.0. The highest BCUT2D eigenvalue weighted by Gasteiger charge is 2.35. The highest BCUT2D eigenvalue weighted by Crippen LogP contribution is 2.37. The molecule has 4 rings (SSSR count). The first-order chi connectivity index (χ1) is 17.1. The van der Waals surface area contributed by atoms with Crippen LogP contribution in [0.3, 0.4) is 0 Å². The fourth-order valence-electron chi connectivity index (χ4n) is 3.25. The molecule has 1 aliphatic rings. The molecule has 1 saturated carbocycles. The average Bonchev–Trinajstić information content (AvgIpc) is 3.64. The highest BCUT2D eigenvalue weighted by atomic mass is 19.4. The molecular formula is C24H24F3N7O2. The Morgan fingerprint density at radius 2 is 1.92 bits per heavy atom. The largest absolute Gasteiger partial charge is 0.481 e. The second-order valence-corrected chi connectivity index (χ2v) is 8.15. The molecule has 0 spiro atoms. The van der Waals surface area contributed by atoms with Gasteiger partial charge in [0.2, 0.25) is 17.7 Å². The second-order valence-electron chi connectivity index (χ2n) is 8.15. The average molecular weight is 499 g/mol. The molecule has 1 amide bonds. The predicted molar refractivity (Wildman–Crippen MR) is 131 cm³/mol. The number of aromatic nitrogens is 3. The second kappa shape index (κ2) is 10.1. The summed E-state index contributed by atoms with van der Waals surface area (Å²) in [6, 6.07) is 8.47. The van der Waals surface area contributed by atoms with Crippen molar-refractivity contribution >= 4 is 40.6 Å². The van der Waals surface area contributed by atoms with Gasteiger partial charge in [-0.25, -0.2) is 4.98 Å². The lowest BCUT2D eigenvalue weighted by atomic mass is 10.1. The van der Waals surface area contributed by atoms with E-state index in [1.165, 1.54) is 7.11 Å². The van der Waals surface area contributed by atoms with E-state index in [9.17, 15) is 18.0 Å². The van der Waals surface area contributed by atoms with Crippen molar-refractivity contribution in [3.8, 4) is 5.88 Å². The smallest absolute Gasteiger partial charge is 0.421 e. The zero-order valence-electron chi connectivity index (χ0n) is 19.5. The van der Waals surface area contributed by atoms with Crippen LogP contribution < -0.4 is 26.0 Å². The summed E-state index contributed by atoms with van der Waals surface area (Å²) in [5.74, 6) is -0.204. The van der Waals surface area contributed by atoms with Gasteiger partial charge in [0.05, 0.1) is 18.5 Å². The molecule has 0 aliphatic heterocycles. The van der Waals surface area contributed by atoms with Crippen molar-refractivity contribution in [3.63, 3.8) is 0 Å². The third-order valence-corrected chi connectivity index (χ3v) is 5.16. The van der Waals surface area contributed by atoms with Crippen LogP contribution in [-0.4, -0.2) is 34.0 Å². The molecule has 2 heterocycles. The first kappa shape index (κ1) is 24.8. The monoisotopic (exact) mass is 499 g/mol. The number of carbonyl (C=O) groups excluding carboxylic acids is 1. The van der Waals surface area contributed by atoms with Gasteiger partial charge in [0.1, 0.15) is 17.2 Å². The molecule has 1 fully saturated rings. The zero-order valence-corrected chi connectivity index (χ0v) is 19.5. The lowest BCUT2D eigenvalue weighted by molar-refractivity contribution is -0.137. The van der Waals surface area contributed by atoms with Gasteiger partial charge in [-0.2, -0.15) is 23.1 Å². The Hall–Kier alpha value is -4.35. The summed E-state index contributed by atoms with van der Waals surface area (Å²) in [5.41, 5.74) is 0.689. The standard InChI is InChI=1S/C24H24F3N7O2/c1-4-20(35)31-18-9-13(2)5-8-17(18)32-22-16(24(25,26)27)12-28-23(34-22)30-15-10-19(29-14-6-7-14)33-21(11-15)36-3/h4-5,8-12,14H,1,6-7H2,2-3H3,(H,31,35)(H3,28,29,30,32,33,34). The summed E-state index contributed by atoms with van der Waals surface area (Å²) >= 11 is 0. The van der Waals surface area contributed by atoms with Gasteiger partial charge in [-0.15, -0.1) is 0 Å². The Kier molecular flexibility index (Phi) is 6.95. The van der Waals surface area contributed by atoms with E-state index < -0.39 is 23.5 Å². The quantitative estimate of drug-likeness (QED) is 0.290. The number of hydrogen-bond donors (Lipinski definition) is 4. The van der Waals surface area contributed by atoms with Crippen LogP contribution in [0.4, 0.5) is 47.8 Å². The number of ether oxygens (including phenoxy) is 1. The highest BCUT2D eigenvalue weighted by molar-refractivity contribution is 6.01. The summed E-state index contributed by atoms with van der Waals surface area (Å²) in [6.07, 6.45) is -0.901. The van der Waals surface area contributed by atoms with Crippen LogP contribution in [0, 0.1) is 6.92 Å². The number of nitrogens with one attached hydrogen (secondary N) is 4.